The highest BCUT2D eigenvalue weighted by molar-refractivity contribution is 6.07. The molecule has 0 unspecified atom stereocenters. The van der Waals surface area contributed by atoms with Gasteiger partial charge in [0.1, 0.15) is 6.61 Å². The average molecular weight is 238 g/mol. The second-order valence-electron chi connectivity index (χ2n) is 3.52. The highest BCUT2D eigenvalue weighted by Crippen LogP contribution is 2.10. The monoisotopic (exact) mass is 238 g/mol. The molecular formula is C11H14N2O4. The molecule has 0 fully saturated rings. The number of amides is 2. The summed E-state index contributed by atoms with van der Waals surface area (Å²) in [6.45, 7) is 1.26. The molecule has 92 valence electrons. The summed E-state index contributed by atoms with van der Waals surface area (Å²) in [4.78, 5) is 33.6. The third-order valence-electron chi connectivity index (χ3n) is 1.98. The van der Waals surface area contributed by atoms with Crippen LogP contribution in [0.25, 0.3) is 0 Å². The van der Waals surface area contributed by atoms with Gasteiger partial charge in [0.25, 0.3) is 0 Å². The molecule has 0 heterocycles. The van der Waals surface area contributed by atoms with Crippen molar-refractivity contribution in [3.63, 3.8) is 0 Å². The predicted octanol–water partition coefficient (Wildman–Crippen LogP) is -0.374. The Morgan fingerprint density at radius 2 is 2.12 bits per heavy atom. The first-order chi connectivity index (χ1) is 8.02. The maximum Gasteiger partial charge on any atom is 0.250 e. The molecule has 1 aliphatic rings. The summed E-state index contributed by atoms with van der Waals surface area (Å²) in [6, 6.07) is 0. The van der Waals surface area contributed by atoms with Crippen molar-refractivity contribution in [2.24, 2.45) is 0 Å². The van der Waals surface area contributed by atoms with Gasteiger partial charge in [-0.3, -0.25) is 14.4 Å². The minimum atomic E-state index is -0.386. The Morgan fingerprint density at radius 1 is 1.41 bits per heavy atom. The molecule has 2 N–H and O–H groups in total. The summed E-state index contributed by atoms with van der Waals surface area (Å²) >= 11 is 0. The Kier molecular flexibility index (Phi) is 4.59. The van der Waals surface area contributed by atoms with E-state index in [1.165, 1.54) is 20.1 Å². The minimum Gasteiger partial charge on any atom is -0.375 e. The Hall–Kier alpha value is -1.95. The number of carbonyl (C=O) groups excluding carboxylic acids is 3. The average Bonchev–Trinajstić information content (AvgIpc) is 2.21. The second-order valence-corrected chi connectivity index (χ2v) is 3.52. The molecule has 2 amide bonds. The standard InChI is InChI=1S/C11H14N2O4/c1-7(14)12-8-3-4-9(10(15)5-8)13-11(16)6-17-2/h4-5H,3,6H2,1-2H3,(H,12,14)(H,13,16). The Balaban J connectivity index is 2.58. The van der Waals surface area contributed by atoms with Crippen LogP contribution in [0.1, 0.15) is 13.3 Å². The number of hydrogen-bond donors (Lipinski definition) is 2. The number of allylic oxidation sites excluding steroid dienone is 2. The lowest BCUT2D eigenvalue weighted by molar-refractivity contribution is -0.125. The topological polar surface area (TPSA) is 84.5 Å². The van der Waals surface area contributed by atoms with Crippen molar-refractivity contribution in [3.05, 3.63) is 23.5 Å². The number of methoxy groups -OCH3 is 1. The molecule has 0 aromatic heterocycles. The zero-order valence-corrected chi connectivity index (χ0v) is 9.70. The first kappa shape index (κ1) is 13.1. The largest absolute Gasteiger partial charge is 0.375 e. The van der Waals surface area contributed by atoms with Gasteiger partial charge < -0.3 is 15.4 Å². The van der Waals surface area contributed by atoms with Crippen LogP contribution in [0.4, 0.5) is 0 Å². The zero-order valence-electron chi connectivity index (χ0n) is 9.70. The van der Waals surface area contributed by atoms with E-state index in [0.717, 1.165) is 0 Å². The molecule has 1 rings (SSSR count). The molecule has 6 heteroatoms. The van der Waals surface area contributed by atoms with Crippen LogP contribution >= 0.6 is 0 Å². The first-order valence-electron chi connectivity index (χ1n) is 5.04. The zero-order chi connectivity index (χ0) is 12.8. The predicted molar refractivity (Wildman–Crippen MR) is 59.6 cm³/mol. The Bertz CT molecular complexity index is 410. The summed E-state index contributed by atoms with van der Waals surface area (Å²) in [5, 5.41) is 4.96. The fourth-order valence-corrected chi connectivity index (χ4v) is 1.35. The minimum absolute atomic E-state index is 0.104. The van der Waals surface area contributed by atoms with Crippen molar-refractivity contribution in [1.82, 2.24) is 10.6 Å². The van der Waals surface area contributed by atoms with E-state index in [1.807, 2.05) is 0 Å². The van der Waals surface area contributed by atoms with Crippen LogP contribution in [0.2, 0.25) is 0 Å². The van der Waals surface area contributed by atoms with E-state index in [2.05, 4.69) is 15.4 Å². The van der Waals surface area contributed by atoms with Crippen LogP contribution in [0.5, 0.6) is 0 Å². The lowest BCUT2D eigenvalue weighted by Crippen LogP contribution is -2.32. The van der Waals surface area contributed by atoms with E-state index in [0.29, 0.717) is 12.1 Å². The summed E-state index contributed by atoms with van der Waals surface area (Å²) < 4.78 is 4.63. The molecular weight excluding hydrogens is 224 g/mol. The van der Waals surface area contributed by atoms with Crippen molar-refractivity contribution >= 4 is 17.6 Å². The molecule has 0 bridgehead atoms. The second kappa shape index (κ2) is 5.95. The lowest BCUT2D eigenvalue weighted by Gasteiger charge is -2.13. The van der Waals surface area contributed by atoms with Gasteiger partial charge in [-0.1, -0.05) is 6.08 Å². The van der Waals surface area contributed by atoms with Crippen LogP contribution in [0.3, 0.4) is 0 Å². The maximum atomic E-state index is 11.6. The van der Waals surface area contributed by atoms with Crippen LogP contribution in [-0.4, -0.2) is 31.3 Å². The van der Waals surface area contributed by atoms with Gasteiger partial charge in [-0.2, -0.15) is 0 Å². The molecule has 0 saturated heterocycles. The smallest absolute Gasteiger partial charge is 0.250 e. The molecule has 0 atom stereocenters. The van der Waals surface area contributed by atoms with Crippen LogP contribution in [0.15, 0.2) is 23.5 Å². The fraction of sp³-hybridized carbons (Fsp3) is 0.364. The molecule has 6 nitrogen and oxygen atoms in total. The highest BCUT2D eigenvalue weighted by atomic mass is 16.5. The molecule has 0 aromatic carbocycles. The van der Waals surface area contributed by atoms with Crippen LogP contribution in [-0.2, 0) is 19.1 Å². The fourth-order valence-electron chi connectivity index (χ4n) is 1.35. The lowest BCUT2D eigenvalue weighted by atomic mass is 10.1. The number of nitrogens with one attached hydrogen (secondary N) is 2. The number of ether oxygens (including phenoxy) is 1. The summed E-state index contributed by atoms with van der Waals surface area (Å²) in [5.41, 5.74) is 0.730. The SMILES string of the molecule is COCC(=O)NC1=CCC(NC(C)=O)=CC1=O. The van der Waals surface area contributed by atoms with Gasteiger partial charge in [0, 0.05) is 32.2 Å². The number of hydrogen-bond acceptors (Lipinski definition) is 4. The Labute approximate surface area is 98.7 Å². The normalized spacial score (nSPS) is 14.8. The molecule has 0 aliphatic heterocycles. The van der Waals surface area contributed by atoms with Crippen molar-refractivity contribution < 1.29 is 19.1 Å². The first-order valence-corrected chi connectivity index (χ1v) is 5.04. The van der Waals surface area contributed by atoms with Crippen molar-refractivity contribution in [2.45, 2.75) is 13.3 Å². The Morgan fingerprint density at radius 3 is 2.65 bits per heavy atom. The van der Waals surface area contributed by atoms with Gasteiger partial charge in [-0.05, 0) is 0 Å². The van der Waals surface area contributed by atoms with Gasteiger partial charge >= 0.3 is 0 Å². The third kappa shape index (κ3) is 4.20. The van der Waals surface area contributed by atoms with Gasteiger partial charge in [0.05, 0.1) is 5.70 Å². The van der Waals surface area contributed by atoms with Crippen molar-refractivity contribution in [1.29, 1.82) is 0 Å². The van der Waals surface area contributed by atoms with E-state index in [-0.39, 0.29) is 29.9 Å². The van der Waals surface area contributed by atoms with Gasteiger partial charge in [0.2, 0.25) is 17.6 Å². The van der Waals surface area contributed by atoms with E-state index < -0.39 is 0 Å². The highest BCUT2D eigenvalue weighted by Gasteiger charge is 2.16. The van der Waals surface area contributed by atoms with Crippen molar-refractivity contribution in [2.75, 3.05) is 13.7 Å². The van der Waals surface area contributed by atoms with E-state index in [9.17, 15) is 14.4 Å². The van der Waals surface area contributed by atoms with Gasteiger partial charge in [0.15, 0.2) is 0 Å². The summed E-state index contributed by atoms with van der Waals surface area (Å²) in [6.07, 6.45) is 3.25. The maximum absolute atomic E-state index is 11.6. The molecule has 0 spiro atoms. The van der Waals surface area contributed by atoms with Crippen molar-refractivity contribution in [3.8, 4) is 0 Å². The quantitative estimate of drug-likeness (QED) is 0.699. The molecule has 1 aliphatic carbocycles. The summed E-state index contributed by atoms with van der Waals surface area (Å²) in [7, 11) is 1.39. The van der Waals surface area contributed by atoms with Gasteiger partial charge in [-0.25, -0.2) is 0 Å². The molecule has 0 aromatic rings. The molecule has 0 radical (unpaired) electrons. The van der Waals surface area contributed by atoms with Gasteiger partial charge in [-0.15, -0.1) is 0 Å². The number of carbonyl (C=O) groups is 3. The number of rotatable bonds is 4. The van der Waals surface area contributed by atoms with E-state index in [4.69, 9.17) is 0 Å². The molecule has 17 heavy (non-hydrogen) atoms. The van der Waals surface area contributed by atoms with Crippen LogP contribution < -0.4 is 10.6 Å². The van der Waals surface area contributed by atoms with E-state index in [1.54, 1.807) is 6.08 Å². The third-order valence-corrected chi connectivity index (χ3v) is 1.98. The van der Waals surface area contributed by atoms with E-state index >= 15 is 0 Å². The number of ketones is 1. The summed E-state index contributed by atoms with van der Waals surface area (Å²) in [5.74, 6) is -0.961. The molecule has 0 saturated carbocycles. The van der Waals surface area contributed by atoms with Crippen LogP contribution in [0, 0.1) is 0 Å².